The Morgan fingerprint density at radius 3 is 2.69 bits per heavy atom. The highest BCUT2D eigenvalue weighted by molar-refractivity contribution is 7.10. The molecular weight excluding hydrogens is 470 g/mol. The first-order valence-electron chi connectivity index (χ1n) is 12.5. The molecule has 186 valence electrons. The third-order valence-electron chi connectivity index (χ3n) is 6.88. The number of fused-ring (bicyclic) bond motifs is 1. The van der Waals surface area contributed by atoms with Gasteiger partial charge in [0.25, 0.3) is 0 Å². The lowest BCUT2D eigenvalue weighted by atomic mass is 9.94. The summed E-state index contributed by atoms with van der Waals surface area (Å²) in [6, 6.07) is 18.5. The molecule has 5 rings (SSSR count). The number of carbonyl (C=O) groups is 2. The number of aromatic nitrogens is 1. The van der Waals surface area contributed by atoms with Gasteiger partial charge in [-0.1, -0.05) is 49.6 Å². The molecule has 2 amide bonds. The van der Waals surface area contributed by atoms with Crippen LogP contribution < -0.4 is 15.0 Å². The molecule has 1 aliphatic rings. The Hall–Kier alpha value is -3.58. The molecule has 36 heavy (non-hydrogen) atoms. The lowest BCUT2D eigenvalue weighted by molar-refractivity contribution is -0.127. The number of ether oxygens (including phenoxy) is 1. The van der Waals surface area contributed by atoms with Crippen molar-refractivity contribution in [3.63, 3.8) is 0 Å². The third-order valence-corrected chi connectivity index (χ3v) is 7.76. The molecule has 6 nitrogen and oxygen atoms in total. The highest BCUT2D eigenvalue weighted by Gasteiger charge is 2.35. The minimum absolute atomic E-state index is 0.124. The first-order valence-corrected chi connectivity index (χ1v) is 13.4. The fourth-order valence-corrected chi connectivity index (χ4v) is 5.79. The minimum Gasteiger partial charge on any atom is -0.497 e. The molecule has 0 bridgehead atoms. The standard InChI is InChI=1S/C29H31N3O3S/c1-35-22-12-7-11-21(17-22)32(27(33)18-23-13-8-16-36-23)28(29(34)31-20-9-3-2-4-10-20)25-19-30-26-15-6-5-14-24(25)26/h5-8,11-17,19-20,28,30H,2-4,9-10,18H2,1H3,(H,31,34)/t28-/m0/s1. The summed E-state index contributed by atoms with van der Waals surface area (Å²) in [5.74, 6) is 0.334. The molecule has 2 aromatic heterocycles. The Kier molecular flexibility index (Phi) is 7.37. The predicted octanol–water partition coefficient (Wildman–Crippen LogP) is 6.00. The molecule has 1 saturated carbocycles. The Balaban J connectivity index is 1.61. The van der Waals surface area contributed by atoms with Crippen molar-refractivity contribution in [2.75, 3.05) is 12.0 Å². The Morgan fingerprint density at radius 2 is 1.92 bits per heavy atom. The number of hydrogen-bond acceptors (Lipinski definition) is 4. The monoisotopic (exact) mass is 501 g/mol. The van der Waals surface area contributed by atoms with Crippen LogP contribution in [0.15, 0.2) is 72.2 Å². The molecular formula is C29H31N3O3S. The summed E-state index contributed by atoms with van der Waals surface area (Å²) in [5, 5.41) is 6.18. The number of benzene rings is 2. The van der Waals surface area contributed by atoms with Crippen LogP contribution in [0.1, 0.15) is 48.6 Å². The fraction of sp³-hybridized carbons (Fsp3) is 0.310. The second-order valence-corrected chi connectivity index (χ2v) is 10.3. The second-order valence-electron chi connectivity index (χ2n) is 9.26. The first kappa shape index (κ1) is 24.1. The summed E-state index contributed by atoms with van der Waals surface area (Å²) >= 11 is 1.54. The van der Waals surface area contributed by atoms with Crippen LogP contribution >= 0.6 is 11.3 Å². The van der Waals surface area contributed by atoms with Gasteiger partial charge in [-0.2, -0.15) is 0 Å². The average Bonchev–Trinajstić information content (AvgIpc) is 3.57. The Bertz CT molecular complexity index is 1320. The van der Waals surface area contributed by atoms with Crippen LogP contribution in [-0.4, -0.2) is 29.9 Å². The zero-order valence-electron chi connectivity index (χ0n) is 20.4. The van der Waals surface area contributed by atoms with Crippen LogP contribution in [0.3, 0.4) is 0 Å². The van der Waals surface area contributed by atoms with E-state index in [1.807, 2.05) is 72.2 Å². The van der Waals surface area contributed by atoms with E-state index in [0.717, 1.165) is 47.0 Å². The number of para-hydroxylation sites is 1. The maximum absolute atomic E-state index is 14.1. The highest BCUT2D eigenvalue weighted by atomic mass is 32.1. The normalized spacial score (nSPS) is 14.9. The van der Waals surface area contributed by atoms with Crippen LogP contribution in [0.5, 0.6) is 5.75 Å². The Morgan fingerprint density at radius 1 is 1.08 bits per heavy atom. The smallest absolute Gasteiger partial charge is 0.248 e. The van der Waals surface area contributed by atoms with Gasteiger partial charge >= 0.3 is 0 Å². The molecule has 1 fully saturated rings. The average molecular weight is 502 g/mol. The molecule has 0 unspecified atom stereocenters. The van der Waals surface area contributed by atoms with Crippen molar-refractivity contribution in [3.8, 4) is 5.75 Å². The van der Waals surface area contributed by atoms with Crippen molar-refractivity contribution in [2.45, 2.75) is 50.6 Å². The third kappa shape index (κ3) is 5.16. The SMILES string of the molecule is COc1cccc(N(C(=O)Cc2cccs2)[C@H](C(=O)NC2CCCCC2)c2c[nH]c3ccccc23)c1. The van der Waals surface area contributed by atoms with E-state index in [-0.39, 0.29) is 24.3 Å². The van der Waals surface area contributed by atoms with Crippen LogP contribution in [-0.2, 0) is 16.0 Å². The van der Waals surface area contributed by atoms with Gasteiger partial charge in [-0.25, -0.2) is 0 Å². The van der Waals surface area contributed by atoms with Crippen molar-refractivity contribution in [1.82, 2.24) is 10.3 Å². The summed E-state index contributed by atoms with van der Waals surface area (Å²) in [6.45, 7) is 0. The van der Waals surface area contributed by atoms with Gasteiger partial charge in [-0.3, -0.25) is 14.5 Å². The van der Waals surface area contributed by atoms with Crippen molar-refractivity contribution in [1.29, 1.82) is 0 Å². The largest absolute Gasteiger partial charge is 0.497 e. The molecule has 4 aromatic rings. The molecule has 1 aliphatic carbocycles. The van der Waals surface area contributed by atoms with Gasteiger partial charge in [0.05, 0.1) is 13.5 Å². The van der Waals surface area contributed by atoms with Crippen LogP contribution in [0.2, 0.25) is 0 Å². The maximum atomic E-state index is 14.1. The van der Waals surface area contributed by atoms with E-state index >= 15 is 0 Å². The van der Waals surface area contributed by atoms with Gasteiger partial charge in [0.2, 0.25) is 11.8 Å². The first-order chi connectivity index (χ1) is 17.6. The topological polar surface area (TPSA) is 74.4 Å². The van der Waals surface area contributed by atoms with Gasteiger partial charge < -0.3 is 15.0 Å². The summed E-state index contributed by atoms with van der Waals surface area (Å²) in [6.07, 6.45) is 7.43. The molecule has 1 atom stereocenters. The summed E-state index contributed by atoms with van der Waals surface area (Å²) in [4.78, 5) is 34.0. The molecule has 7 heteroatoms. The number of rotatable bonds is 8. The van der Waals surface area contributed by atoms with Gasteiger partial charge in [0, 0.05) is 45.3 Å². The number of nitrogens with one attached hydrogen (secondary N) is 2. The lowest BCUT2D eigenvalue weighted by Gasteiger charge is -2.33. The zero-order chi connectivity index (χ0) is 24.9. The molecule has 2 N–H and O–H groups in total. The molecule has 0 saturated heterocycles. The number of hydrogen-bond donors (Lipinski definition) is 2. The molecule has 2 heterocycles. The number of aromatic amines is 1. The van der Waals surface area contributed by atoms with E-state index in [1.165, 1.54) is 6.42 Å². The van der Waals surface area contributed by atoms with Gasteiger partial charge in [-0.15, -0.1) is 11.3 Å². The summed E-state index contributed by atoms with van der Waals surface area (Å²) in [7, 11) is 1.60. The summed E-state index contributed by atoms with van der Waals surface area (Å²) < 4.78 is 5.47. The van der Waals surface area contributed by atoms with Crippen molar-refractivity contribution in [3.05, 3.63) is 82.7 Å². The highest BCUT2D eigenvalue weighted by Crippen LogP contribution is 2.35. The molecule has 0 spiro atoms. The van der Waals surface area contributed by atoms with E-state index in [4.69, 9.17) is 4.74 Å². The van der Waals surface area contributed by atoms with Gasteiger partial charge in [0.15, 0.2) is 0 Å². The number of H-pyrrole nitrogens is 1. The fourth-order valence-electron chi connectivity index (χ4n) is 5.09. The minimum atomic E-state index is -0.831. The lowest BCUT2D eigenvalue weighted by Crippen LogP contribution is -2.47. The quantitative estimate of drug-likeness (QED) is 0.311. The van der Waals surface area contributed by atoms with Crippen LogP contribution in [0.4, 0.5) is 5.69 Å². The van der Waals surface area contributed by atoms with E-state index in [0.29, 0.717) is 11.4 Å². The number of anilines is 1. The summed E-state index contributed by atoms with van der Waals surface area (Å²) in [5.41, 5.74) is 2.34. The molecule has 2 aromatic carbocycles. The zero-order valence-corrected chi connectivity index (χ0v) is 21.2. The molecule has 0 aliphatic heterocycles. The van der Waals surface area contributed by atoms with E-state index < -0.39 is 6.04 Å². The van der Waals surface area contributed by atoms with Crippen molar-refractivity contribution >= 4 is 39.7 Å². The number of methoxy groups -OCH3 is 1. The predicted molar refractivity (Wildman–Crippen MR) is 145 cm³/mol. The number of thiophene rings is 1. The Labute approximate surface area is 215 Å². The van der Waals surface area contributed by atoms with Crippen molar-refractivity contribution in [2.24, 2.45) is 0 Å². The number of nitrogens with zero attached hydrogens (tertiary/aromatic N) is 1. The number of carbonyl (C=O) groups excluding carboxylic acids is 2. The van der Waals surface area contributed by atoms with E-state index in [1.54, 1.807) is 23.3 Å². The number of amides is 2. The molecule has 0 radical (unpaired) electrons. The van der Waals surface area contributed by atoms with E-state index in [9.17, 15) is 9.59 Å². The van der Waals surface area contributed by atoms with Crippen LogP contribution in [0.25, 0.3) is 10.9 Å². The van der Waals surface area contributed by atoms with Gasteiger partial charge in [0.1, 0.15) is 11.8 Å². The van der Waals surface area contributed by atoms with Gasteiger partial charge in [-0.05, 0) is 42.5 Å². The van der Waals surface area contributed by atoms with Crippen LogP contribution in [0, 0.1) is 0 Å². The van der Waals surface area contributed by atoms with E-state index in [2.05, 4.69) is 10.3 Å². The second kappa shape index (κ2) is 11.0. The maximum Gasteiger partial charge on any atom is 0.248 e. The van der Waals surface area contributed by atoms with Crippen molar-refractivity contribution < 1.29 is 14.3 Å².